The van der Waals surface area contributed by atoms with Crippen molar-refractivity contribution in [2.75, 3.05) is 19.4 Å². The molecule has 0 bridgehead atoms. The lowest BCUT2D eigenvalue weighted by molar-refractivity contribution is -0.141. The smallest absolute Gasteiger partial charge is 0.325 e. The van der Waals surface area contributed by atoms with Crippen LogP contribution in [-0.4, -0.2) is 42.4 Å². The van der Waals surface area contributed by atoms with Crippen LogP contribution in [0.1, 0.15) is 5.56 Å². The van der Waals surface area contributed by atoms with Crippen LogP contribution in [0.15, 0.2) is 35.3 Å². The van der Waals surface area contributed by atoms with Crippen LogP contribution < -0.4 is 5.32 Å². The van der Waals surface area contributed by atoms with E-state index in [1.807, 2.05) is 30.3 Å². The van der Waals surface area contributed by atoms with Gasteiger partial charge >= 0.3 is 5.97 Å². The topological polar surface area (TPSA) is 67.8 Å². The molecule has 0 saturated heterocycles. The first kappa shape index (κ1) is 13.6. The van der Waals surface area contributed by atoms with Gasteiger partial charge in [-0.3, -0.25) is 14.6 Å². The molecule has 1 aliphatic heterocycles. The molecule has 0 aliphatic carbocycles. The van der Waals surface area contributed by atoms with E-state index in [1.165, 1.54) is 7.11 Å². The van der Waals surface area contributed by atoms with Crippen molar-refractivity contribution < 1.29 is 14.3 Å². The van der Waals surface area contributed by atoms with Crippen molar-refractivity contribution in [1.29, 1.82) is 0 Å². The lowest BCUT2D eigenvalue weighted by Crippen LogP contribution is -2.37. The van der Waals surface area contributed by atoms with E-state index in [4.69, 9.17) is 0 Å². The van der Waals surface area contributed by atoms with Gasteiger partial charge in [-0.1, -0.05) is 30.3 Å². The molecule has 1 unspecified atom stereocenters. The molecule has 1 N–H and O–H groups in total. The Labute approximate surface area is 115 Å². The number of benzene rings is 1. The number of carbonyl (C=O) groups excluding carboxylic acids is 2. The Kier molecular flexibility index (Phi) is 4.57. The maximum Gasteiger partial charge on any atom is 0.325 e. The second kappa shape index (κ2) is 6.38. The average Bonchev–Trinajstić information content (AvgIpc) is 2.95. The molecule has 1 heterocycles. The predicted molar refractivity (Wildman–Crippen MR) is 74.3 cm³/mol. The van der Waals surface area contributed by atoms with Crippen molar-refractivity contribution in [3.8, 4) is 0 Å². The fourth-order valence-electron chi connectivity index (χ4n) is 1.60. The first-order valence-electron chi connectivity index (χ1n) is 5.81. The van der Waals surface area contributed by atoms with Crippen LogP contribution in [0.5, 0.6) is 0 Å². The Hall–Kier alpha value is -1.82. The monoisotopic (exact) mass is 278 g/mol. The van der Waals surface area contributed by atoms with Gasteiger partial charge < -0.3 is 10.1 Å². The first-order chi connectivity index (χ1) is 9.20. The van der Waals surface area contributed by atoms with Crippen LogP contribution in [0.4, 0.5) is 0 Å². The van der Waals surface area contributed by atoms with E-state index in [-0.39, 0.29) is 12.5 Å². The molecular formula is C13H14N2O3S. The zero-order valence-corrected chi connectivity index (χ0v) is 11.3. The Morgan fingerprint density at radius 2 is 2.16 bits per heavy atom. The number of hydrogen-bond donors (Lipinski definition) is 1. The number of hydrogen-bond acceptors (Lipinski definition) is 5. The van der Waals surface area contributed by atoms with Crippen molar-refractivity contribution in [1.82, 2.24) is 5.32 Å². The number of aliphatic imine (C=N–C) groups is 1. The molecule has 0 fully saturated rings. The van der Waals surface area contributed by atoms with E-state index in [0.29, 0.717) is 5.75 Å². The zero-order valence-electron chi connectivity index (χ0n) is 10.5. The molecule has 2 rings (SSSR count). The van der Waals surface area contributed by atoms with Gasteiger partial charge in [-0.05, 0) is 0 Å². The lowest BCUT2D eigenvalue weighted by Gasteiger charge is -2.06. The Balaban J connectivity index is 1.95. The van der Waals surface area contributed by atoms with Crippen LogP contribution in [0.2, 0.25) is 0 Å². The van der Waals surface area contributed by atoms with E-state index in [9.17, 15) is 9.59 Å². The average molecular weight is 278 g/mol. The first-order valence-corrected chi connectivity index (χ1v) is 6.80. The van der Waals surface area contributed by atoms with Gasteiger partial charge in [0.25, 0.3) is 0 Å². The van der Waals surface area contributed by atoms with E-state index < -0.39 is 12.0 Å². The van der Waals surface area contributed by atoms with Gasteiger partial charge in [0.1, 0.15) is 12.6 Å². The van der Waals surface area contributed by atoms with Crippen LogP contribution in [0.25, 0.3) is 0 Å². The van der Waals surface area contributed by atoms with Crippen LogP contribution >= 0.6 is 11.8 Å². The molecule has 100 valence electrons. The number of nitrogens with zero attached hydrogens (tertiary/aromatic N) is 1. The molecule has 19 heavy (non-hydrogen) atoms. The minimum absolute atomic E-state index is 0.118. The molecular weight excluding hydrogens is 264 g/mol. The number of carbonyl (C=O) groups is 2. The van der Waals surface area contributed by atoms with E-state index in [0.717, 1.165) is 10.6 Å². The third-order valence-electron chi connectivity index (χ3n) is 2.61. The maximum atomic E-state index is 11.8. The summed E-state index contributed by atoms with van der Waals surface area (Å²) in [7, 11) is 1.28. The highest BCUT2D eigenvalue weighted by molar-refractivity contribution is 8.14. The van der Waals surface area contributed by atoms with Crippen LogP contribution in [0, 0.1) is 0 Å². The van der Waals surface area contributed by atoms with Crippen LogP contribution in [0.3, 0.4) is 0 Å². The molecule has 5 nitrogen and oxygen atoms in total. The number of amides is 1. The van der Waals surface area contributed by atoms with Crippen molar-refractivity contribution in [2.24, 2.45) is 4.99 Å². The molecule has 0 radical (unpaired) electrons. The Morgan fingerprint density at radius 3 is 2.84 bits per heavy atom. The standard InChI is InChI=1S/C13H14N2O3S/c1-18-11(16)7-14-12(17)10-8-19-13(15-10)9-5-3-2-4-6-9/h2-6,10H,7-8H2,1H3,(H,14,17). The third-order valence-corrected chi connectivity index (χ3v) is 3.71. The Morgan fingerprint density at radius 1 is 1.42 bits per heavy atom. The van der Waals surface area contributed by atoms with E-state index in [1.54, 1.807) is 11.8 Å². The van der Waals surface area contributed by atoms with Crippen LogP contribution in [-0.2, 0) is 14.3 Å². The predicted octanol–water partition coefficient (Wildman–Crippen LogP) is 0.838. The van der Waals surface area contributed by atoms with Gasteiger partial charge in [0.05, 0.1) is 12.2 Å². The molecule has 1 atom stereocenters. The highest BCUT2D eigenvalue weighted by Crippen LogP contribution is 2.23. The van der Waals surface area contributed by atoms with Gasteiger partial charge in [0.2, 0.25) is 5.91 Å². The number of ether oxygens (including phenoxy) is 1. The van der Waals surface area contributed by atoms with Gasteiger partial charge in [0.15, 0.2) is 0 Å². The fraction of sp³-hybridized carbons (Fsp3) is 0.308. The summed E-state index contributed by atoms with van der Waals surface area (Å²) in [6.45, 7) is -0.118. The summed E-state index contributed by atoms with van der Waals surface area (Å²) in [5.41, 5.74) is 1.01. The number of esters is 1. The SMILES string of the molecule is COC(=O)CNC(=O)C1CSC(c2ccccc2)=N1. The molecule has 0 spiro atoms. The van der Waals surface area contributed by atoms with Crippen molar-refractivity contribution in [3.05, 3.63) is 35.9 Å². The highest BCUT2D eigenvalue weighted by Gasteiger charge is 2.25. The minimum Gasteiger partial charge on any atom is -0.468 e. The number of thioether (sulfide) groups is 1. The second-order valence-electron chi connectivity index (χ2n) is 3.92. The molecule has 1 amide bonds. The van der Waals surface area contributed by atoms with Gasteiger partial charge in [-0.15, -0.1) is 11.8 Å². The number of nitrogens with one attached hydrogen (secondary N) is 1. The quantitative estimate of drug-likeness (QED) is 0.829. The van der Waals surface area contributed by atoms with Crippen molar-refractivity contribution >= 4 is 28.7 Å². The zero-order chi connectivity index (χ0) is 13.7. The minimum atomic E-state index is -0.466. The number of methoxy groups -OCH3 is 1. The molecule has 1 aromatic rings. The molecule has 0 aromatic heterocycles. The van der Waals surface area contributed by atoms with E-state index >= 15 is 0 Å². The summed E-state index contributed by atoms with van der Waals surface area (Å²) in [6.07, 6.45) is 0. The fourth-order valence-corrected chi connectivity index (χ4v) is 2.64. The molecule has 0 saturated carbocycles. The molecule has 1 aliphatic rings. The van der Waals surface area contributed by atoms with E-state index in [2.05, 4.69) is 15.0 Å². The largest absolute Gasteiger partial charge is 0.468 e. The number of rotatable bonds is 4. The maximum absolute atomic E-state index is 11.8. The summed E-state index contributed by atoms with van der Waals surface area (Å²) in [4.78, 5) is 27.1. The van der Waals surface area contributed by atoms with Crippen molar-refractivity contribution in [2.45, 2.75) is 6.04 Å². The van der Waals surface area contributed by atoms with Gasteiger partial charge in [0, 0.05) is 11.3 Å². The summed E-state index contributed by atoms with van der Waals surface area (Å²) in [5, 5.41) is 3.37. The summed E-state index contributed by atoms with van der Waals surface area (Å²) in [5.74, 6) is -0.118. The summed E-state index contributed by atoms with van der Waals surface area (Å²) >= 11 is 1.54. The highest BCUT2D eigenvalue weighted by atomic mass is 32.2. The van der Waals surface area contributed by atoms with Gasteiger partial charge in [-0.25, -0.2) is 0 Å². The molecule has 1 aromatic carbocycles. The second-order valence-corrected chi connectivity index (χ2v) is 4.93. The van der Waals surface area contributed by atoms with Crippen molar-refractivity contribution in [3.63, 3.8) is 0 Å². The van der Waals surface area contributed by atoms with Gasteiger partial charge in [-0.2, -0.15) is 0 Å². The molecule has 6 heteroatoms. The summed E-state index contributed by atoms with van der Waals surface area (Å²) < 4.78 is 4.46. The lowest BCUT2D eigenvalue weighted by atomic mass is 10.2. The summed E-state index contributed by atoms with van der Waals surface area (Å²) in [6, 6.07) is 9.28. The third kappa shape index (κ3) is 3.57. The normalized spacial score (nSPS) is 17.7. The Bertz CT molecular complexity index is 502.